The van der Waals surface area contributed by atoms with Crippen molar-refractivity contribution in [3.63, 3.8) is 0 Å². The van der Waals surface area contributed by atoms with Gasteiger partial charge in [-0.3, -0.25) is 4.79 Å². The second kappa shape index (κ2) is 4.61. The van der Waals surface area contributed by atoms with E-state index in [9.17, 15) is 4.79 Å². The van der Waals surface area contributed by atoms with Gasteiger partial charge in [-0.25, -0.2) is 0 Å². The first-order chi connectivity index (χ1) is 6.21. The second-order valence-corrected chi connectivity index (χ2v) is 3.78. The number of hydrogen-bond acceptors (Lipinski definition) is 2. The molecule has 1 rings (SSSR count). The number of carboxylic acid groups (broad SMARTS) is 1. The minimum Gasteiger partial charge on any atom is -0.481 e. The quantitative estimate of drug-likeness (QED) is 0.731. The van der Waals surface area contributed by atoms with Gasteiger partial charge >= 0.3 is 5.97 Å². The Labute approximate surface area is 79.1 Å². The molecule has 0 unspecified atom stereocenters. The highest BCUT2D eigenvalue weighted by Gasteiger charge is 2.39. The van der Waals surface area contributed by atoms with Crippen LogP contribution in [0.15, 0.2) is 0 Å². The molecular formula is C10H18O3. The Hall–Kier alpha value is -0.570. The van der Waals surface area contributed by atoms with E-state index in [1.807, 2.05) is 6.92 Å². The zero-order valence-electron chi connectivity index (χ0n) is 8.21. The molecule has 0 aromatic heterocycles. The normalized spacial score (nSPS) is 21.3. The van der Waals surface area contributed by atoms with Gasteiger partial charge in [-0.15, -0.1) is 0 Å². The summed E-state index contributed by atoms with van der Waals surface area (Å²) in [6, 6.07) is 0. The summed E-state index contributed by atoms with van der Waals surface area (Å²) < 4.78 is 5.26. The largest absolute Gasteiger partial charge is 0.481 e. The lowest BCUT2D eigenvalue weighted by Crippen LogP contribution is -2.37. The number of rotatable bonds is 4. The SMILES string of the molecule is CCOCC1(C(=O)O)CCCCC1. The van der Waals surface area contributed by atoms with Crippen molar-refractivity contribution in [2.45, 2.75) is 39.0 Å². The Morgan fingerprint density at radius 2 is 2.00 bits per heavy atom. The summed E-state index contributed by atoms with van der Waals surface area (Å²) >= 11 is 0. The molecule has 3 nitrogen and oxygen atoms in total. The molecule has 0 aliphatic heterocycles. The standard InChI is InChI=1S/C10H18O3/c1-2-13-8-10(9(11)12)6-4-3-5-7-10/h2-8H2,1H3,(H,11,12). The van der Waals surface area contributed by atoms with E-state index < -0.39 is 11.4 Å². The number of hydrogen-bond donors (Lipinski definition) is 1. The Balaban J connectivity index is 2.56. The van der Waals surface area contributed by atoms with Gasteiger partial charge in [-0.1, -0.05) is 19.3 Å². The summed E-state index contributed by atoms with van der Waals surface area (Å²) in [5, 5.41) is 9.14. The molecule has 1 saturated carbocycles. The number of carbonyl (C=O) groups is 1. The molecule has 0 heterocycles. The Morgan fingerprint density at radius 3 is 2.46 bits per heavy atom. The lowest BCUT2D eigenvalue weighted by atomic mass is 9.75. The first-order valence-corrected chi connectivity index (χ1v) is 5.02. The van der Waals surface area contributed by atoms with E-state index in [-0.39, 0.29) is 0 Å². The molecule has 0 spiro atoms. The van der Waals surface area contributed by atoms with Gasteiger partial charge in [-0.2, -0.15) is 0 Å². The predicted molar refractivity (Wildman–Crippen MR) is 49.6 cm³/mol. The maximum absolute atomic E-state index is 11.1. The molecule has 1 aliphatic carbocycles. The molecule has 76 valence electrons. The monoisotopic (exact) mass is 186 g/mol. The fourth-order valence-electron chi connectivity index (χ4n) is 1.95. The van der Waals surface area contributed by atoms with Crippen LogP contribution >= 0.6 is 0 Å². The topological polar surface area (TPSA) is 46.5 Å². The van der Waals surface area contributed by atoms with Crippen molar-refractivity contribution >= 4 is 5.97 Å². The molecule has 0 bridgehead atoms. The van der Waals surface area contributed by atoms with Crippen molar-refractivity contribution in [3.8, 4) is 0 Å². The fraction of sp³-hybridized carbons (Fsp3) is 0.900. The van der Waals surface area contributed by atoms with Crippen LogP contribution in [0.1, 0.15) is 39.0 Å². The third-order valence-electron chi connectivity index (χ3n) is 2.85. The highest BCUT2D eigenvalue weighted by Crippen LogP contribution is 2.36. The molecule has 1 fully saturated rings. The van der Waals surface area contributed by atoms with Gasteiger partial charge in [0.05, 0.1) is 12.0 Å². The lowest BCUT2D eigenvalue weighted by molar-refractivity contribution is -0.155. The van der Waals surface area contributed by atoms with Crippen LogP contribution in [0.5, 0.6) is 0 Å². The summed E-state index contributed by atoms with van der Waals surface area (Å²) in [5.74, 6) is -0.680. The van der Waals surface area contributed by atoms with Crippen LogP contribution in [0.3, 0.4) is 0 Å². The Kier molecular flexibility index (Phi) is 3.72. The van der Waals surface area contributed by atoms with Crippen molar-refractivity contribution in [1.29, 1.82) is 0 Å². The van der Waals surface area contributed by atoms with Crippen molar-refractivity contribution in [2.24, 2.45) is 5.41 Å². The summed E-state index contributed by atoms with van der Waals surface area (Å²) in [7, 11) is 0. The Morgan fingerprint density at radius 1 is 1.38 bits per heavy atom. The van der Waals surface area contributed by atoms with Gasteiger partial charge in [0, 0.05) is 6.61 Å². The predicted octanol–water partition coefficient (Wildman–Crippen LogP) is 2.06. The molecule has 0 radical (unpaired) electrons. The molecule has 1 aliphatic rings. The highest BCUT2D eigenvalue weighted by molar-refractivity contribution is 5.74. The van der Waals surface area contributed by atoms with Crippen LogP contribution in [0, 0.1) is 5.41 Å². The van der Waals surface area contributed by atoms with Crippen LogP contribution in [-0.4, -0.2) is 24.3 Å². The summed E-state index contributed by atoms with van der Waals surface area (Å²) in [6.45, 7) is 2.90. The molecule has 0 atom stereocenters. The summed E-state index contributed by atoms with van der Waals surface area (Å²) in [5.41, 5.74) is -0.575. The molecule has 0 amide bonds. The van der Waals surface area contributed by atoms with E-state index >= 15 is 0 Å². The van der Waals surface area contributed by atoms with E-state index in [0.717, 1.165) is 25.7 Å². The zero-order valence-corrected chi connectivity index (χ0v) is 8.21. The van der Waals surface area contributed by atoms with Crippen molar-refractivity contribution < 1.29 is 14.6 Å². The van der Waals surface area contributed by atoms with E-state index in [1.165, 1.54) is 6.42 Å². The second-order valence-electron chi connectivity index (χ2n) is 3.78. The number of aliphatic carboxylic acids is 1. The Bertz CT molecular complexity index is 171. The molecule has 1 N–H and O–H groups in total. The number of ether oxygens (including phenoxy) is 1. The van der Waals surface area contributed by atoms with Gasteiger partial charge in [0.1, 0.15) is 0 Å². The third kappa shape index (κ3) is 2.44. The molecule has 0 aromatic rings. The maximum Gasteiger partial charge on any atom is 0.311 e. The molecule has 0 aromatic carbocycles. The molecular weight excluding hydrogens is 168 g/mol. The summed E-state index contributed by atoms with van der Waals surface area (Å²) in [4.78, 5) is 11.1. The van der Waals surface area contributed by atoms with Crippen molar-refractivity contribution in [3.05, 3.63) is 0 Å². The fourth-order valence-corrected chi connectivity index (χ4v) is 1.95. The minimum absolute atomic E-state index is 0.388. The van der Waals surface area contributed by atoms with Gasteiger partial charge in [-0.05, 0) is 19.8 Å². The van der Waals surface area contributed by atoms with E-state index in [1.54, 1.807) is 0 Å². The van der Waals surface area contributed by atoms with Gasteiger partial charge in [0.25, 0.3) is 0 Å². The highest BCUT2D eigenvalue weighted by atomic mass is 16.5. The van der Waals surface area contributed by atoms with E-state index in [0.29, 0.717) is 13.2 Å². The first-order valence-electron chi connectivity index (χ1n) is 5.02. The van der Waals surface area contributed by atoms with E-state index in [2.05, 4.69) is 0 Å². The average molecular weight is 186 g/mol. The van der Waals surface area contributed by atoms with Crippen LogP contribution in [0.2, 0.25) is 0 Å². The van der Waals surface area contributed by atoms with Crippen LogP contribution in [0.4, 0.5) is 0 Å². The minimum atomic E-state index is -0.680. The maximum atomic E-state index is 11.1. The number of carboxylic acids is 1. The van der Waals surface area contributed by atoms with Crippen LogP contribution in [0.25, 0.3) is 0 Å². The molecule has 13 heavy (non-hydrogen) atoms. The third-order valence-corrected chi connectivity index (χ3v) is 2.85. The van der Waals surface area contributed by atoms with Gasteiger partial charge in [0.15, 0.2) is 0 Å². The van der Waals surface area contributed by atoms with Crippen molar-refractivity contribution in [1.82, 2.24) is 0 Å². The van der Waals surface area contributed by atoms with Crippen molar-refractivity contribution in [2.75, 3.05) is 13.2 Å². The molecule has 0 saturated heterocycles. The smallest absolute Gasteiger partial charge is 0.311 e. The van der Waals surface area contributed by atoms with Gasteiger partial charge < -0.3 is 9.84 Å². The zero-order chi connectivity index (χ0) is 9.73. The molecule has 3 heteroatoms. The average Bonchev–Trinajstić information content (AvgIpc) is 2.16. The van der Waals surface area contributed by atoms with Crippen LogP contribution in [-0.2, 0) is 9.53 Å². The lowest BCUT2D eigenvalue weighted by Gasteiger charge is -2.32. The van der Waals surface area contributed by atoms with Crippen LogP contribution < -0.4 is 0 Å². The van der Waals surface area contributed by atoms with Gasteiger partial charge in [0.2, 0.25) is 0 Å². The summed E-state index contributed by atoms with van der Waals surface area (Å²) in [6.07, 6.45) is 4.78. The first kappa shape index (κ1) is 10.5. The van der Waals surface area contributed by atoms with E-state index in [4.69, 9.17) is 9.84 Å².